The van der Waals surface area contributed by atoms with Crippen molar-refractivity contribution in [2.45, 2.75) is 69.8 Å². The average Bonchev–Trinajstić information content (AvgIpc) is 2.39. The van der Waals surface area contributed by atoms with Gasteiger partial charge in [0.1, 0.15) is 0 Å². The van der Waals surface area contributed by atoms with Gasteiger partial charge < -0.3 is 9.84 Å². The van der Waals surface area contributed by atoms with E-state index in [0.717, 1.165) is 51.4 Å². The highest BCUT2D eigenvalue weighted by Gasteiger charge is 2.56. The predicted octanol–water partition coefficient (Wildman–Crippen LogP) is 2.81. The molecule has 98 valence electrons. The minimum atomic E-state index is -0.807. The van der Waals surface area contributed by atoms with Crippen molar-refractivity contribution in [3.8, 4) is 0 Å². The number of methoxy groups -OCH3 is 1. The van der Waals surface area contributed by atoms with E-state index in [9.17, 15) is 9.90 Å². The molecule has 1 N–H and O–H groups in total. The first-order valence-corrected chi connectivity index (χ1v) is 6.95. The van der Waals surface area contributed by atoms with Gasteiger partial charge in [0.2, 0.25) is 0 Å². The normalized spacial score (nSPS) is 27.4. The van der Waals surface area contributed by atoms with Crippen LogP contribution in [0, 0.1) is 5.41 Å². The smallest absolute Gasteiger partial charge is 0.314 e. The van der Waals surface area contributed by atoms with E-state index in [4.69, 9.17) is 4.74 Å². The Hall–Kier alpha value is -0.570. The summed E-state index contributed by atoms with van der Waals surface area (Å²) in [6.45, 7) is 0. The van der Waals surface area contributed by atoms with Crippen LogP contribution in [0.25, 0.3) is 0 Å². The van der Waals surface area contributed by atoms with Crippen molar-refractivity contribution in [1.82, 2.24) is 0 Å². The fourth-order valence-electron chi connectivity index (χ4n) is 3.83. The molecule has 2 fully saturated rings. The van der Waals surface area contributed by atoms with E-state index >= 15 is 0 Å². The Morgan fingerprint density at radius 3 is 1.88 bits per heavy atom. The lowest BCUT2D eigenvalue weighted by Crippen LogP contribution is -2.55. The Morgan fingerprint density at radius 1 is 0.941 bits per heavy atom. The lowest BCUT2D eigenvalue weighted by molar-refractivity contribution is -0.184. The van der Waals surface area contributed by atoms with Crippen molar-refractivity contribution < 1.29 is 14.6 Å². The maximum atomic E-state index is 12.2. The Bertz CT molecular complexity index is 273. The number of hydrogen-bond acceptors (Lipinski definition) is 3. The molecule has 0 spiro atoms. The molecule has 0 radical (unpaired) electrons. The average molecular weight is 240 g/mol. The van der Waals surface area contributed by atoms with Crippen LogP contribution in [0.2, 0.25) is 0 Å². The zero-order chi connectivity index (χ0) is 12.4. The zero-order valence-electron chi connectivity index (χ0n) is 10.8. The molecule has 0 aliphatic heterocycles. The van der Waals surface area contributed by atoms with Crippen LogP contribution in [0.5, 0.6) is 0 Å². The van der Waals surface area contributed by atoms with Crippen LogP contribution >= 0.6 is 0 Å². The highest BCUT2D eigenvalue weighted by Crippen LogP contribution is 2.51. The molecule has 3 heteroatoms. The molecule has 0 saturated heterocycles. The molecule has 2 saturated carbocycles. The van der Waals surface area contributed by atoms with Gasteiger partial charge >= 0.3 is 5.97 Å². The minimum Gasteiger partial charge on any atom is -0.469 e. The molecule has 3 nitrogen and oxygen atoms in total. The maximum Gasteiger partial charge on any atom is 0.314 e. The fourth-order valence-corrected chi connectivity index (χ4v) is 3.83. The van der Waals surface area contributed by atoms with Gasteiger partial charge in [-0.25, -0.2) is 0 Å². The number of ether oxygens (including phenoxy) is 1. The van der Waals surface area contributed by atoms with Crippen LogP contribution in [0.4, 0.5) is 0 Å². The van der Waals surface area contributed by atoms with Crippen molar-refractivity contribution >= 4 is 5.97 Å². The largest absolute Gasteiger partial charge is 0.469 e. The highest BCUT2D eigenvalue weighted by atomic mass is 16.5. The second kappa shape index (κ2) is 4.97. The van der Waals surface area contributed by atoms with E-state index in [1.165, 1.54) is 20.0 Å². The van der Waals surface area contributed by atoms with Gasteiger partial charge in [-0.15, -0.1) is 0 Å². The van der Waals surface area contributed by atoms with E-state index < -0.39 is 11.0 Å². The first-order valence-electron chi connectivity index (χ1n) is 6.95. The SMILES string of the molecule is COC(=O)C1(C2(O)CCCCC2)CCCCC1. The highest BCUT2D eigenvalue weighted by molar-refractivity contribution is 5.78. The van der Waals surface area contributed by atoms with Crippen LogP contribution in [0.15, 0.2) is 0 Å². The second-order valence-electron chi connectivity index (χ2n) is 5.73. The molecule has 0 bridgehead atoms. The molecular weight excluding hydrogens is 216 g/mol. The van der Waals surface area contributed by atoms with Gasteiger partial charge in [-0.3, -0.25) is 4.79 Å². The standard InChI is InChI=1S/C14H24O3/c1-17-12(15)13(8-4-2-5-9-13)14(16)10-6-3-7-11-14/h16H,2-11H2,1H3. The summed E-state index contributed by atoms with van der Waals surface area (Å²) in [4.78, 5) is 12.2. The van der Waals surface area contributed by atoms with Crippen molar-refractivity contribution in [1.29, 1.82) is 0 Å². The number of carbonyl (C=O) groups is 1. The predicted molar refractivity (Wildman–Crippen MR) is 65.6 cm³/mol. The van der Waals surface area contributed by atoms with Gasteiger partial charge in [-0.2, -0.15) is 0 Å². The molecule has 0 aromatic carbocycles. The van der Waals surface area contributed by atoms with Gasteiger partial charge in [-0.05, 0) is 25.7 Å². The molecule has 17 heavy (non-hydrogen) atoms. The molecule has 0 heterocycles. The molecule has 0 atom stereocenters. The lowest BCUT2D eigenvalue weighted by Gasteiger charge is -2.49. The third-order valence-corrected chi connectivity index (χ3v) is 4.85. The molecule has 2 aliphatic carbocycles. The number of esters is 1. The summed E-state index contributed by atoms with van der Waals surface area (Å²) in [5.41, 5.74) is -1.42. The molecule has 2 aliphatic rings. The Balaban J connectivity index is 2.27. The van der Waals surface area contributed by atoms with Crippen molar-refractivity contribution in [2.24, 2.45) is 5.41 Å². The van der Waals surface area contributed by atoms with E-state index in [1.54, 1.807) is 0 Å². The number of carbonyl (C=O) groups excluding carboxylic acids is 1. The Morgan fingerprint density at radius 2 is 1.41 bits per heavy atom. The molecule has 0 aromatic rings. The number of hydrogen-bond donors (Lipinski definition) is 1. The fraction of sp³-hybridized carbons (Fsp3) is 0.929. The van der Waals surface area contributed by atoms with Crippen LogP contribution in [0.3, 0.4) is 0 Å². The van der Waals surface area contributed by atoms with E-state index in [-0.39, 0.29) is 5.97 Å². The molecule has 2 rings (SSSR count). The van der Waals surface area contributed by atoms with E-state index in [2.05, 4.69) is 0 Å². The van der Waals surface area contributed by atoms with Crippen LogP contribution in [-0.4, -0.2) is 23.8 Å². The molecule has 0 unspecified atom stereocenters. The van der Waals surface area contributed by atoms with Crippen LogP contribution in [-0.2, 0) is 9.53 Å². The molecule has 0 aromatic heterocycles. The lowest BCUT2D eigenvalue weighted by atomic mass is 9.59. The summed E-state index contributed by atoms with van der Waals surface area (Å²) in [6.07, 6.45) is 9.64. The Labute approximate surface area is 104 Å². The van der Waals surface area contributed by atoms with Gasteiger partial charge in [0.25, 0.3) is 0 Å². The molecular formula is C14H24O3. The van der Waals surface area contributed by atoms with Gasteiger partial charge in [0.15, 0.2) is 0 Å². The third kappa shape index (κ3) is 2.10. The second-order valence-corrected chi connectivity index (χ2v) is 5.73. The summed E-state index contributed by atoms with van der Waals surface area (Å²) >= 11 is 0. The maximum absolute atomic E-state index is 12.2. The third-order valence-electron chi connectivity index (χ3n) is 4.85. The van der Waals surface area contributed by atoms with Crippen LogP contribution < -0.4 is 0 Å². The van der Waals surface area contributed by atoms with Crippen molar-refractivity contribution in [3.05, 3.63) is 0 Å². The first-order chi connectivity index (χ1) is 8.15. The van der Waals surface area contributed by atoms with Gasteiger partial charge in [0, 0.05) is 0 Å². The number of rotatable bonds is 2. The first kappa shape index (κ1) is 12.9. The van der Waals surface area contributed by atoms with E-state index in [1.807, 2.05) is 0 Å². The summed E-state index contributed by atoms with van der Waals surface area (Å²) in [7, 11) is 1.45. The summed E-state index contributed by atoms with van der Waals surface area (Å²) < 4.78 is 5.01. The van der Waals surface area contributed by atoms with Crippen molar-refractivity contribution in [2.75, 3.05) is 7.11 Å². The Kier molecular flexibility index (Phi) is 3.76. The van der Waals surface area contributed by atoms with Crippen LogP contribution in [0.1, 0.15) is 64.2 Å². The van der Waals surface area contributed by atoms with Gasteiger partial charge in [-0.1, -0.05) is 38.5 Å². The minimum absolute atomic E-state index is 0.179. The summed E-state index contributed by atoms with van der Waals surface area (Å²) in [5, 5.41) is 10.9. The van der Waals surface area contributed by atoms with Crippen molar-refractivity contribution in [3.63, 3.8) is 0 Å². The number of aliphatic hydroxyl groups is 1. The van der Waals surface area contributed by atoms with E-state index in [0.29, 0.717) is 0 Å². The monoisotopic (exact) mass is 240 g/mol. The summed E-state index contributed by atoms with van der Waals surface area (Å²) in [5.74, 6) is -0.179. The topological polar surface area (TPSA) is 46.5 Å². The van der Waals surface area contributed by atoms with Gasteiger partial charge in [0.05, 0.1) is 18.1 Å². The summed E-state index contributed by atoms with van der Waals surface area (Å²) in [6, 6.07) is 0. The molecule has 0 amide bonds. The zero-order valence-corrected chi connectivity index (χ0v) is 10.8. The quantitative estimate of drug-likeness (QED) is 0.755.